The number of aromatic nitrogens is 2. The molecule has 0 N–H and O–H groups in total. The van der Waals surface area contributed by atoms with Crippen LogP contribution in [0.4, 0.5) is 4.39 Å². The summed E-state index contributed by atoms with van der Waals surface area (Å²) in [6.07, 6.45) is 0. The summed E-state index contributed by atoms with van der Waals surface area (Å²) in [4.78, 5) is 23.9. The Morgan fingerprint density at radius 2 is 1.96 bits per heavy atom. The Kier molecular flexibility index (Phi) is 5.81. The number of hydrogen-bond donors (Lipinski definition) is 0. The molecule has 0 aliphatic rings. The van der Waals surface area contributed by atoms with Crippen LogP contribution < -0.4 is 5.56 Å². The molecule has 0 spiro atoms. The number of alkyl halides is 1. The Morgan fingerprint density at radius 3 is 2.70 bits per heavy atom. The maximum Gasteiger partial charge on any atom is 0.337 e. The SMILES string of the molecule is COC(=O)c1cccc(Cn2nc(-c3cc(CBr)ccc3F)ccc2=O)c1. The molecule has 0 bridgehead atoms. The van der Waals surface area contributed by atoms with Gasteiger partial charge in [0.1, 0.15) is 5.82 Å². The highest BCUT2D eigenvalue weighted by Gasteiger charge is 2.11. The van der Waals surface area contributed by atoms with Gasteiger partial charge in [-0.25, -0.2) is 13.9 Å². The molecule has 0 saturated carbocycles. The first-order valence-electron chi connectivity index (χ1n) is 8.12. The quantitative estimate of drug-likeness (QED) is 0.456. The van der Waals surface area contributed by atoms with Gasteiger partial charge in [0.25, 0.3) is 5.56 Å². The molecule has 0 aliphatic heterocycles. The van der Waals surface area contributed by atoms with Gasteiger partial charge in [-0.3, -0.25) is 4.79 Å². The van der Waals surface area contributed by atoms with Gasteiger partial charge >= 0.3 is 5.97 Å². The highest BCUT2D eigenvalue weighted by Crippen LogP contribution is 2.22. The molecule has 27 heavy (non-hydrogen) atoms. The number of hydrogen-bond acceptors (Lipinski definition) is 4. The average molecular weight is 431 g/mol. The van der Waals surface area contributed by atoms with Crippen LogP contribution in [0.5, 0.6) is 0 Å². The predicted molar refractivity (Wildman–Crippen MR) is 103 cm³/mol. The van der Waals surface area contributed by atoms with Crippen molar-refractivity contribution in [3.63, 3.8) is 0 Å². The van der Waals surface area contributed by atoms with Crippen LogP contribution in [0, 0.1) is 5.82 Å². The summed E-state index contributed by atoms with van der Waals surface area (Å²) in [6.45, 7) is 0.150. The summed E-state index contributed by atoms with van der Waals surface area (Å²) < 4.78 is 20.2. The van der Waals surface area contributed by atoms with Crippen molar-refractivity contribution < 1.29 is 13.9 Å². The highest BCUT2D eigenvalue weighted by molar-refractivity contribution is 9.08. The minimum Gasteiger partial charge on any atom is -0.465 e. The largest absolute Gasteiger partial charge is 0.465 e. The number of benzene rings is 2. The minimum absolute atomic E-state index is 0.150. The van der Waals surface area contributed by atoms with Gasteiger partial charge in [0.15, 0.2) is 0 Å². The number of halogens is 2. The maximum absolute atomic E-state index is 14.2. The van der Waals surface area contributed by atoms with Crippen molar-refractivity contribution in [2.75, 3.05) is 7.11 Å². The van der Waals surface area contributed by atoms with Crippen LogP contribution in [-0.4, -0.2) is 22.9 Å². The van der Waals surface area contributed by atoms with E-state index in [9.17, 15) is 14.0 Å². The van der Waals surface area contributed by atoms with E-state index in [0.717, 1.165) is 5.56 Å². The summed E-state index contributed by atoms with van der Waals surface area (Å²) in [6, 6.07) is 14.4. The molecule has 7 heteroatoms. The van der Waals surface area contributed by atoms with Crippen LogP contribution in [0.2, 0.25) is 0 Å². The Bertz CT molecular complexity index is 1050. The van der Waals surface area contributed by atoms with Crippen molar-refractivity contribution in [1.29, 1.82) is 0 Å². The molecule has 0 fully saturated rings. The lowest BCUT2D eigenvalue weighted by atomic mass is 10.1. The molecule has 138 valence electrons. The number of nitrogens with zero attached hydrogens (tertiary/aromatic N) is 2. The van der Waals surface area contributed by atoms with E-state index in [1.807, 2.05) is 0 Å². The standard InChI is InChI=1S/C20H16BrFN2O3/c1-27-20(26)15-4-2-3-14(9-15)12-24-19(25)8-7-18(23-24)16-10-13(11-21)5-6-17(16)22/h2-10H,11-12H2,1H3. The molecule has 2 aromatic carbocycles. The molecule has 0 aliphatic carbocycles. The molecule has 0 atom stereocenters. The van der Waals surface area contributed by atoms with Gasteiger partial charge in [-0.15, -0.1) is 0 Å². The third-order valence-corrected chi connectivity index (χ3v) is 4.66. The zero-order valence-electron chi connectivity index (χ0n) is 14.5. The number of carbonyl (C=O) groups is 1. The van der Waals surface area contributed by atoms with Crippen LogP contribution >= 0.6 is 15.9 Å². The molecule has 1 heterocycles. The van der Waals surface area contributed by atoms with Gasteiger partial charge in [-0.05, 0) is 41.5 Å². The van der Waals surface area contributed by atoms with E-state index in [2.05, 4.69) is 21.0 Å². The van der Waals surface area contributed by atoms with Crippen LogP contribution in [0.1, 0.15) is 21.5 Å². The first-order valence-corrected chi connectivity index (χ1v) is 9.24. The molecule has 3 rings (SSSR count). The fourth-order valence-electron chi connectivity index (χ4n) is 2.65. The van der Waals surface area contributed by atoms with Crippen molar-refractivity contribution in [2.45, 2.75) is 11.9 Å². The van der Waals surface area contributed by atoms with E-state index in [1.165, 1.54) is 30.0 Å². The van der Waals surface area contributed by atoms with E-state index in [-0.39, 0.29) is 12.1 Å². The van der Waals surface area contributed by atoms with Gasteiger partial charge in [0.2, 0.25) is 0 Å². The monoisotopic (exact) mass is 430 g/mol. The van der Waals surface area contributed by atoms with Gasteiger partial charge in [0.05, 0.1) is 24.9 Å². The second-order valence-electron chi connectivity index (χ2n) is 5.85. The fourth-order valence-corrected chi connectivity index (χ4v) is 2.99. The normalized spacial score (nSPS) is 10.6. The van der Waals surface area contributed by atoms with E-state index in [1.54, 1.807) is 36.4 Å². The number of esters is 1. The van der Waals surface area contributed by atoms with Gasteiger partial charge in [-0.2, -0.15) is 5.10 Å². The molecule has 0 saturated heterocycles. The smallest absolute Gasteiger partial charge is 0.337 e. The lowest BCUT2D eigenvalue weighted by molar-refractivity contribution is 0.0600. The summed E-state index contributed by atoms with van der Waals surface area (Å²) in [5.74, 6) is -0.871. The van der Waals surface area contributed by atoms with Gasteiger partial charge < -0.3 is 4.74 Å². The van der Waals surface area contributed by atoms with Crippen LogP contribution in [0.3, 0.4) is 0 Å². The summed E-state index contributed by atoms with van der Waals surface area (Å²) in [5, 5.41) is 4.88. The predicted octanol–water partition coefficient (Wildman–Crippen LogP) is 3.78. The first-order chi connectivity index (χ1) is 13.0. The van der Waals surface area contributed by atoms with E-state index < -0.39 is 11.8 Å². The van der Waals surface area contributed by atoms with E-state index in [0.29, 0.717) is 27.7 Å². The second kappa shape index (κ2) is 8.26. The molecule has 1 aromatic heterocycles. The first kappa shape index (κ1) is 19.0. The molecule has 0 amide bonds. The fraction of sp³-hybridized carbons (Fsp3) is 0.150. The lowest BCUT2D eigenvalue weighted by Crippen LogP contribution is -2.23. The third kappa shape index (κ3) is 4.31. The number of methoxy groups -OCH3 is 1. The Labute approximate surface area is 163 Å². The summed E-state index contributed by atoms with van der Waals surface area (Å²) in [7, 11) is 1.31. The van der Waals surface area contributed by atoms with E-state index in [4.69, 9.17) is 4.74 Å². The van der Waals surface area contributed by atoms with Crippen molar-refractivity contribution in [3.8, 4) is 11.3 Å². The Morgan fingerprint density at radius 1 is 1.15 bits per heavy atom. The molecule has 3 aromatic rings. The van der Waals surface area contributed by atoms with Gasteiger partial charge in [-0.1, -0.05) is 34.1 Å². The van der Waals surface area contributed by atoms with Crippen molar-refractivity contribution in [2.24, 2.45) is 0 Å². The molecule has 0 unspecified atom stereocenters. The van der Waals surface area contributed by atoms with Crippen molar-refractivity contribution in [3.05, 3.63) is 87.5 Å². The van der Waals surface area contributed by atoms with Crippen LogP contribution in [0.25, 0.3) is 11.3 Å². The molecule has 5 nitrogen and oxygen atoms in total. The number of rotatable bonds is 5. The zero-order valence-corrected chi connectivity index (χ0v) is 16.1. The Hall–Kier alpha value is -2.80. The van der Waals surface area contributed by atoms with Crippen molar-refractivity contribution >= 4 is 21.9 Å². The van der Waals surface area contributed by atoms with Crippen LogP contribution in [0.15, 0.2) is 59.4 Å². The third-order valence-electron chi connectivity index (χ3n) is 4.01. The minimum atomic E-state index is -0.459. The lowest BCUT2D eigenvalue weighted by Gasteiger charge is -2.10. The summed E-state index contributed by atoms with van der Waals surface area (Å²) in [5.41, 5.74) is 2.36. The molecular formula is C20H16BrFN2O3. The highest BCUT2D eigenvalue weighted by atomic mass is 79.9. The number of ether oxygens (including phenoxy) is 1. The number of carbonyl (C=O) groups excluding carboxylic acids is 1. The van der Waals surface area contributed by atoms with E-state index >= 15 is 0 Å². The van der Waals surface area contributed by atoms with Gasteiger partial charge in [0, 0.05) is 17.0 Å². The zero-order chi connectivity index (χ0) is 19.4. The average Bonchev–Trinajstić information content (AvgIpc) is 2.69. The maximum atomic E-state index is 14.2. The Balaban J connectivity index is 1.98. The van der Waals surface area contributed by atoms with Crippen molar-refractivity contribution in [1.82, 2.24) is 9.78 Å². The topological polar surface area (TPSA) is 61.2 Å². The second-order valence-corrected chi connectivity index (χ2v) is 6.41. The molecule has 0 radical (unpaired) electrons. The van der Waals surface area contributed by atoms with Crippen LogP contribution in [-0.2, 0) is 16.6 Å². The summed E-state index contributed by atoms with van der Waals surface area (Å²) >= 11 is 3.35. The molecular weight excluding hydrogens is 415 g/mol.